The second-order valence-corrected chi connectivity index (χ2v) is 2.30. The van der Waals surface area contributed by atoms with Crippen molar-refractivity contribution >= 4 is 0 Å². The fraction of sp³-hybridized carbons (Fsp3) is 1.00. The lowest BCUT2D eigenvalue weighted by Gasteiger charge is -2.24. The molecule has 0 rings (SSSR count). The van der Waals surface area contributed by atoms with Crippen LogP contribution < -0.4 is 5.43 Å². The van der Waals surface area contributed by atoms with Crippen molar-refractivity contribution in [3.63, 3.8) is 0 Å². The van der Waals surface area contributed by atoms with Crippen molar-refractivity contribution in [2.75, 3.05) is 14.1 Å². The van der Waals surface area contributed by atoms with Crippen molar-refractivity contribution in [1.29, 1.82) is 0 Å². The molecule has 0 aromatic rings. The Bertz CT molecular complexity index is 59.9. The van der Waals surface area contributed by atoms with Gasteiger partial charge in [-0.3, -0.25) is 5.43 Å². The first-order valence-electron chi connectivity index (χ1n) is 3.66. The van der Waals surface area contributed by atoms with E-state index in [0.717, 1.165) is 0 Å². The molecule has 2 heteroatoms. The van der Waals surface area contributed by atoms with Crippen LogP contribution in [0.1, 0.15) is 26.7 Å². The second kappa shape index (κ2) is 4.77. The zero-order valence-electron chi connectivity index (χ0n) is 6.94. The number of rotatable bonds is 4. The van der Waals surface area contributed by atoms with Gasteiger partial charge in [0.1, 0.15) is 0 Å². The van der Waals surface area contributed by atoms with Crippen molar-refractivity contribution in [3.05, 3.63) is 0 Å². The first-order chi connectivity index (χ1) is 4.26. The highest BCUT2D eigenvalue weighted by molar-refractivity contribution is 4.59. The maximum absolute atomic E-state index is 3.10. The summed E-state index contributed by atoms with van der Waals surface area (Å²) in [6.07, 6.45) is 2.43. The third-order valence-electron chi connectivity index (χ3n) is 1.84. The Labute approximate surface area is 58.2 Å². The highest BCUT2D eigenvalue weighted by Crippen LogP contribution is 2.01. The van der Waals surface area contributed by atoms with Gasteiger partial charge in [-0.15, -0.1) is 0 Å². The van der Waals surface area contributed by atoms with E-state index in [1.54, 1.807) is 0 Å². The van der Waals surface area contributed by atoms with Gasteiger partial charge in [-0.2, -0.15) is 0 Å². The number of nitrogens with one attached hydrogen (secondary N) is 1. The zero-order chi connectivity index (χ0) is 7.28. The van der Waals surface area contributed by atoms with Crippen LogP contribution >= 0.6 is 0 Å². The van der Waals surface area contributed by atoms with Gasteiger partial charge in [-0.1, -0.05) is 13.8 Å². The van der Waals surface area contributed by atoms with E-state index in [0.29, 0.717) is 6.04 Å². The van der Waals surface area contributed by atoms with Gasteiger partial charge in [-0.25, -0.2) is 5.01 Å². The van der Waals surface area contributed by atoms with Crippen molar-refractivity contribution in [2.24, 2.45) is 0 Å². The van der Waals surface area contributed by atoms with E-state index in [1.165, 1.54) is 12.8 Å². The third-order valence-corrected chi connectivity index (χ3v) is 1.84. The molecule has 0 amide bonds. The molecule has 1 N–H and O–H groups in total. The summed E-state index contributed by atoms with van der Waals surface area (Å²) in [6.45, 7) is 4.42. The lowest BCUT2D eigenvalue weighted by atomic mass is 10.2. The fourth-order valence-corrected chi connectivity index (χ4v) is 1.02. The van der Waals surface area contributed by atoms with Gasteiger partial charge in [0.05, 0.1) is 0 Å². The van der Waals surface area contributed by atoms with E-state index < -0.39 is 0 Å². The molecule has 0 aromatic carbocycles. The van der Waals surface area contributed by atoms with Gasteiger partial charge in [-0.05, 0) is 19.9 Å². The average Bonchev–Trinajstić information content (AvgIpc) is 1.90. The molecule has 2 nitrogen and oxygen atoms in total. The molecular formula is C7H18N2. The molecule has 0 heterocycles. The molecular weight excluding hydrogens is 112 g/mol. The molecule has 56 valence electrons. The van der Waals surface area contributed by atoms with Gasteiger partial charge in [0.15, 0.2) is 0 Å². The predicted octanol–water partition coefficient (Wildman–Crippen LogP) is 1.24. The van der Waals surface area contributed by atoms with Gasteiger partial charge in [0.2, 0.25) is 0 Å². The van der Waals surface area contributed by atoms with Crippen LogP contribution in [-0.4, -0.2) is 25.1 Å². The molecule has 0 spiro atoms. The Balaban J connectivity index is 3.50. The van der Waals surface area contributed by atoms with Crippen molar-refractivity contribution in [2.45, 2.75) is 32.7 Å². The molecule has 0 saturated heterocycles. The van der Waals surface area contributed by atoms with E-state index in [4.69, 9.17) is 0 Å². The van der Waals surface area contributed by atoms with Crippen LogP contribution in [0.15, 0.2) is 0 Å². The quantitative estimate of drug-likeness (QED) is 0.576. The van der Waals surface area contributed by atoms with Crippen molar-refractivity contribution in [1.82, 2.24) is 10.4 Å². The normalized spacial score (nSPS) is 11.3. The summed E-state index contributed by atoms with van der Waals surface area (Å²) in [5, 5.41) is 2.15. The number of hydrogen-bond acceptors (Lipinski definition) is 2. The summed E-state index contributed by atoms with van der Waals surface area (Å²) in [4.78, 5) is 0. The van der Waals surface area contributed by atoms with Crippen LogP contribution in [0.25, 0.3) is 0 Å². The first kappa shape index (κ1) is 8.92. The van der Waals surface area contributed by atoms with Crippen LogP contribution in [0.5, 0.6) is 0 Å². The Kier molecular flexibility index (Phi) is 4.72. The topological polar surface area (TPSA) is 15.3 Å². The van der Waals surface area contributed by atoms with Gasteiger partial charge in [0, 0.05) is 13.1 Å². The average molecular weight is 130 g/mol. The number of hydrazine groups is 1. The van der Waals surface area contributed by atoms with Crippen LogP contribution in [0, 0.1) is 0 Å². The summed E-state index contributed by atoms with van der Waals surface area (Å²) in [6, 6.07) is 0.690. The molecule has 0 aliphatic heterocycles. The molecule has 0 aromatic heterocycles. The highest BCUT2D eigenvalue weighted by atomic mass is 15.5. The van der Waals surface area contributed by atoms with Gasteiger partial charge >= 0.3 is 0 Å². The lowest BCUT2D eigenvalue weighted by molar-refractivity contribution is 0.172. The minimum atomic E-state index is 0.690. The zero-order valence-corrected chi connectivity index (χ0v) is 6.94. The highest BCUT2D eigenvalue weighted by Gasteiger charge is 2.06. The Morgan fingerprint density at radius 1 is 1.33 bits per heavy atom. The minimum Gasteiger partial charge on any atom is -0.258 e. The summed E-state index contributed by atoms with van der Waals surface area (Å²) < 4.78 is 0. The summed E-state index contributed by atoms with van der Waals surface area (Å²) in [5.41, 5.74) is 3.10. The minimum absolute atomic E-state index is 0.690. The number of nitrogens with zero attached hydrogens (tertiary/aromatic N) is 1. The molecule has 9 heavy (non-hydrogen) atoms. The standard InChI is InChI=1S/C7H18N2/c1-5-7(6-2)9(4)8-3/h7-8H,5-6H2,1-4H3. The van der Waals surface area contributed by atoms with Crippen molar-refractivity contribution in [3.8, 4) is 0 Å². The van der Waals surface area contributed by atoms with Crippen LogP contribution in [0.3, 0.4) is 0 Å². The molecule has 0 unspecified atom stereocenters. The maximum atomic E-state index is 3.10. The van der Waals surface area contributed by atoms with Gasteiger partial charge < -0.3 is 0 Å². The fourth-order valence-electron chi connectivity index (χ4n) is 1.02. The van der Waals surface area contributed by atoms with E-state index in [9.17, 15) is 0 Å². The molecule has 0 bridgehead atoms. The SMILES string of the molecule is CCC(CC)N(C)NC. The summed E-state index contributed by atoms with van der Waals surface area (Å²) >= 11 is 0. The summed E-state index contributed by atoms with van der Waals surface area (Å²) in [7, 11) is 4.04. The van der Waals surface area contributed by atoms with Crippen LogP contribution in [-0.2, 0) is 0 Å². The maximum Gasteiger partial charge on any atom is 0.0235 e. The smallest absolute Gasteiger partial charge is 0.0235 e. The summed E-state index contributed by atoms with van der Waals surface area (Å²) in [5.74, 6) is 0. The Morgan fingerprint density at radius 3 is 1.89 bits per heavy atom. The Hall–Kier alpha value is -0.0800. The van der Waals surface area contributed by atoms with Gasteiger partial charge in [0.25, 0.3) is 0 Å². The molecule has 0 fully saturated rings. The lowest BCUT2D eigenvalue weighted by Crippen LogP contribution is -2.39. The monoisotopic (exact) mass is 130 g/mol. The second-order valence-electron chi connectivity index (χ2n) is 2.30. The molecule has 0 aliphatic carbocycles. The first-order valence-corrected chi connectivity index (χ1v) is 3.66. The van der Waals surface area contributed by atoms with E-state index in [2.05, 4.69) is 31.3 Å². The molecule has 0 atom stereocenters. The third kappa shape index (κ3) is 2.82. The predicted molar refractivity (Wildman–Crippen MR) is 41.2 cm³/mol. The van der Waals surface area contributed by atoms with Crippen LogP contribution in [0.2, 0.25) is 0 Å². The van der Waals surface area contributed by atoms with E-state index in [1.807, 2.05) is 7.05 Å². The Morgan fingerprint density at radius 2 is 1.78 bits per heavy atom. The molecule has 0 radical (unpaired) electrons. The largest absolute Gasteiger partial charge is 0.258 e. The van der Waals surface area contributed by atoms with Crippen molar-refractivity contribution < 1.29 is 0 Å². The molecule has 0 saturated carbocycles. The van der Waals surface area contributed by atoms with E-state index in [-0.39, 0.29) is 0 Å². The molecule has 0 aliphatic rings. The number of hydrogen-bond donors (Lipinski definition) is 1. The van der Waals surface area contributed by atoms with E-state index >= 15 is 0 Å². The van der Waals surface area contributed by atoms with Crippen LogP contribution in [0.4, 0.5) is 0 Å².